The summed E-state index contributed by atoms with van der Waals surface area (Å²) < 4.78 is 0. The minimum Gasteiger partial charge on any atom is -0.327 e. The normalized spacial score (nSPS) is 16.2. The van der Waals surface area contributed by atoms with Crippen LogP contribution in [0.4, 0.5) is 0 Å². The van der Waals surface area contributed by atoms with E-state index in [9.17, 15) is 0 Å². The maximum atomic E-state index is 6.24. The molecule has 2 N–H and O–H groups in total. The summed E-state index contributed by atoms with van der Waals surface area (Å²) in [5.41, 5.74) is 6.47. The van der Waals surface area contributed by atoms with E-state index in [1.165, 1.54) is 25.8 Å². The van der Waals surface area contributed by atoms with Crippen molar-refractivity contribution in [2.45, 2.75) is 79.3 Å². The first-order chi connectivity index (χ1) is 7.82. The highest BCUT2D eigenvalue weighted by Gasteiger charge is 2.21. The van der Waals surface area contributed by atoms with Crippen LogP contribution in [0.2, 0.25) is 0 Å². The van der Waals surface area contributed by atoms with Crippen molar-refractivity contribution in [1.82, 2.24) is 4.90 Å². The molecule has 0 rings (SSSR count). The molecule has 0 aliphatic carbocycles. The third kappa shape index (κ3) is 7.05. The van der Waals surface area contributed by atoms with Crippen LogP contribution in [0.1, 0.15) is 67.2 Å². The maximum Gasteiger partial charge on any atom is 0.00998 e. The van der Waals surface area contributed by atoms with Gasteiger partial charge in [-0.05, 0) is 44.7 Å². The Morgan fingerprint density at radius 3 is 2.12 bits per heavy atom. The van der Waals surface area contributed by atoms with Crippen molar-refractivity contribution >= 4 is 0 Å². The largest absolute Gasteiger partial charge is 0.327 e. The molecule has 0 aromatic rings. The van der Waals surface area contributed by atoms with Crippen molar-refractivity contribution in [2.75, 3.05) is 13.1 Å². The van der Waals surface area contributed by atoms with Crippen LogP contribution < -0.4 is 5.73 Å². The van der Waals surface area contributed by atoms with Crippen LogP contribution in [-0.2, 0) is 0 Å². The van der Waals surface area contributed by atoms with E-state index < -0.39 is 0 Å². The zero-order valence-electron chi connectivity index (χ0n) is 12.9. The van der Waals surface area contributed by atoms with Crippen LogP contribution in [0.3, 0.4) is 0 Å². The molecule has 2 unspecified atom stereocenters. The summed E-state index contributed by atoms with van der Waals surface area (Å²) in [6.07, 6.45) is 4.92. The van der Waals surface area contributed by atoms with E-state index in [1.54, 1.807) is 0 Å². The summed E-state index contributed by atoms with van der Waals surface area (Å²) in [5, 5.41) is 0. The lowest BCUT2D eigenvalue weighted by Gasteiger charge is -2.33. The van der Waals surface area contributed by atoms with E-state index in [2.05, 4.69) is 46.4 Å². The van der Waals surface area contributed by atoms with Crippen molar-refractivity contribution in [3.05, 3.63) is 0 Å². The predicted molar refractivity (Wildman–Crippen MR) is 78.3 cm³/mol. The van der Waals surface area contributed by atoms with Gasteiger partial charge in [-0.1, -0.05) is 41.0 Å². The lowest BCUT2D eigenvalue weighted by molar-refractivity contribution is 0.177. The van der Waals surface area contributed by atoms with Gasteiger partial charge in [0.1, 0.15) is 0 Å². The minimum atomic E-state index is 0.228. The summed E-state index contributed by atoms with van der Waals surface area (Å²) >= 11 is 0. The Hall–Kier alpha value is -0.0800. The maximum absolute atomic E-state index is 6.24. The number of nitrogens with zero attached hydrogens (tertiary/aromatic N) is 1. The lowest BCUT2D eigenvalue weighted by Crippen LogP contribution is -2.41. The smallest absolute Gasteiger partial charge is 0.00998 e. The van der Waals surface area contributed by atoms with Gasteiger partial charge in [-0.3, -0.25) is 0 Å². The van der Waals surface area contributed by atoms with Gasteiger partial charge in [0.2, 0.25) is 0 Å². The molecule has 0 saturated carbocycles. The van der Waals surface area contributed by atoms with Gasteiger partial charge in [0.05, 0.1) is 0 Å². The Labute approximate surface area is 109 Å². The quantitative estimate of drug-likeness (QED) is 0.704. The summed E-state index contributed by atoms with van der Waals surface area (Å²) in [6, 6.07) is 0.990. The first-order valence-corrected chi connectivity index (χ1v) is 7.32. The first kappa shape index (κ1) is 16.9. The Kier molecular flexibility index (Phi) is 8.06. The van der Waals surface area contributed by atoms with Crippen molar-refractivity contribution in [3.63, 3.8) is 0 Å². The summed E-state index contributed by atoms with van der Waals surface area (Å²) in [7, 11) is 0. The van der Waals surface area contributed by atoms with Gasteiger partial charge in [-0.15, -0.1) is 0 Å². The molecule has 2 heteroatoms. The number of nitrogens with two attached hydrogens (primary N) is 1. The van der Waals surface area contributed by atoms with Crippen LogP contribution in [0.25, 0.3) is 0 Å². The first-order valence-electron chi connectivity index (χ1n) is 7.32. The fourth-order valence-electron chi connectivity index (χ4n) is 1.91. The molecule has 0 aromatic carbocycles. The molecule has 0 heterocycles. The molecule has 17 heavy (non-hydrogen) atoms. The topological polar surface area (TPSA) is 29.3 Å². The molecule has 2 nitrogen and oxygen atoms in total. The fraction of sp³-hybridized carbons (Fsp3) is 1.00. The van der Waals surface area contributed by atoms with Crippen LogP contribution in [0, 0.1) is 5.41 Å². The van der Waals surface area contributed by atoms with E-state index in [0.29, 0.717) is 12.1 Å². The molecular weight excluding hydrogens is 208 g/mol. The van der Waals surface area contributed by atoms with E-state index in [0.717, 1.165) is 13.0 Å². The zero-order valence-corrected chi connectivity index (χ0v) is 12.9. The zero-order chi connectivity index (χ0) is 13.5. The van der Waals surface area contributed by atoms with Crippen molar-refractivity contribution < 1.29 is 0 Å². The van der Waals surface area contributed by atoms with Crippen LogP contribution in [0.5, 0.6) is 0 Å². The molecule has 0 saturated heterocycles. The average molecular weight is 242 g/mol. The van der Waals surface area contributed by atoms with Crippen molar-refractivity contribution in [3.8, 4) is 0 Å². The molecule has 0 bridgehead atoms. The van der Waals surface area contributed by atoms with Gasteiger partial charge >= 0.3 is 0 Å². The van der Waals surface area contributed by atoms with E-state index in [-0.39, 0.29) is 5.41 Å². The van der Waals surface area contributed by atoms with Crippen molar-refractivity contribution in [2.24, 2.45) is 11.1 Å². The minimum absolute atomic E-state index is 0.228. The SMILES string of the molecule is CCCCN(CCC(N)C(C)(C)C)C(C)CC. The van der Waals surface area contributed by atoms with Gasteiger partial charge in [-0.2, -0.15) is 0 Å². The summed E-state index contributed by atoms with van der Waals surface area (Å²) in [5.74, 6) is 0. The Morgan fingerprint density at radius 2 is 1.71 bits per heavy atom. The third-order valence-electron chi connectivity index (χ3n) is 3.85. The second-order valence-corrected chi connectivity index (χ2v) is 6.41. The monoisotopic (exact) mass is 242 g/mol. The van der Waals surface area contributed by atoms with Gasteiger partial charge < -0.3 is 10.6 Å². The number of unbranched alkanes of at least 4 members (excludes halogenated alkanes) is 1. The number of rotatable bonds is 8. The molecule has 0 aliphatic heterocycles. The molecule has 0 radical (unpaired) electrons. The number of hydrogen-bond acceptors (Lipinski definition) is 2. The van der Waals surface area contributed by atoms with Crippen LogP contribution in [0.15, 0.2) is 0 Å². The molecule has 0 aromatic heterocycles. The van der Waals surface area contributed by atoms with Crippen LogP contribution >= 0.6 is 0 Å². The highest BCUT2D eigenvalue weighted by Crippen LogP contribution is 2.20. The molecule has 2 atom stereocenters. The highest BCUT2D eigenvalue weighted by molar-refractivity contribution is 4.79. The highest BCUT2D eigenvalue weighted by atomic mass is 15.1. The van der Waals surface area contributed by atoms with E-state index in [4.69, 9.17) is 5.73 Å². The van der Waals surface area contributed by atoms with Crippen molar-refractivity contribution in [1.29, 1.82) is 0 Å². The lowest BCUT2D eigenvalue weighted by atomic mass is 9.85. The average Bonchev–Trinajstić information content (AvgIpc) is 2.26. The predicted octanol–water partition coefficient (Wildman–Crippen LogP) is 3.65. The van der Waals surface area contributed by atoms with Gasteiger partial charge in [-0.25, -0.2) is 0 Å². The molecule has 0 spiro atoms. The molecular formula is C15H34N2. The summed E-state index contributed by atoms with van der Waals surface area (Å²) in [4.78, 5) is 2.61. The second-order valence-electron chi connectivity index (χ2n) is 6.41. The van der Waals surface area contributed by atoms with Gasteiger partial charge in [0, 0.05) is 12.1 Å². The summed E-state index contributed by atoms with van der Waals surface area (Å²) in [6.45, 7) is 15.9. The number of hydrogen-bond donors (Lipinski definition) is 1. The van der Waals surface area contributed by atoms with E-state index >= 15 is 0 Å². The molecule has 0 fully saturated rings. The molecule has 0 aliphatic rings. The van der Waals surface area contributed by atoms with E-state index in [1.807, 2.05) is 0 Å². The van der Waals surface area contributed by atoms with Gasteiger partial charge in [0.25, 0.3) is 0 Å². The van der Waals surface area contributed by atoms with Gasteiger partial charge in [0.15, 0.2) is 0 Å². The third-order valence-corrected chi connectivity index (χ3v) is 3.85. The molecule has 104 valence electrons. The fourth-order valence-corrected chi connectivity index (χ4v) is 1.91. The standard InChI is InChI=1S/C15H34N2/c1-7-9-11-17(13(3)8-2)12-10-14(16)15(4,5)6/h13-14H,7-12,16H2,1-6H3. The van der Waals surface area contributed by atoms with Crippen LogP contribution in [-0.4, -0.2) is 30.1 Å². The Bertz CT molecular complexity index is 184. The molecule has 0 amide bonds. The second kappa shape index (κ2) is 8.10. The Morgan fingerprint density at radius 1 is 1.12 bits per heavy atom. The Balaban J connectivity index is 4.15.